The average molecular weight is 166 g/mol. The molecule has 0 aromatic carbocycles. The third-order valence-electron chi connectivity index (χ3n) is 1.92. The number of hydrogen-bond donors (Lipinski definition) is 2. The van der Waals surface area contributed by atoms with Crippen LogP contribution in [0.4, 0.5) is 0 Å². The minimum absolute atomic E-state index is 0.0710. The van der Waals surface area contributed by atoms with Crippen LogP contribution in [-0.4, -0.2) is 25.0 Å². The molecule has 1 atom stereocenters. The highest BCUT2D eigenvalue weighted by Crippen LogP contribution is 1.97. The molecule has 1 saturated heterocycles. The average Bonchev–Trinajstić information content (AvgIpc) is 2.53. The largest absolute Gasteiger partial charge is 0.352 e. The molecule has 0 radical (unpaired) electrons. The molecule has 1 aliphatic rings. The number of nitrogens with one attached hydrogen (secondary N) is 2. The van der Waals surface area contributed by atoms with Crippen molar-refractivity contribution in [1.82, 2.24) is 10.6 Å². The summed E-state index contributed by atoms with van der Waals surface area (Å²) < 4.78 is 0. The second-order valence-electron chi connectivity index (χ2n) is 2.96. The molecule has 0 saturated carbocycles. The van der Waals surface area contributed by atoms with Crippen LogP contribution in [0.25, 0.3) is 0 Å². The van der Waals surface area contributed by atoms with Gasteiger partial charge in [0.05, 0.1) is 0 Å². The van der Waals surface area contributed by atoms with Gasteiger partial charge in [-0.2, -0.15) is 0 Å². The molecular formula is C9H14N2O. The maximum atomic E-state index is 11.1. The van der Waals surface area contributed by atoms with Gasteiger partial charge in [0.1, 0.15) is 0 Å². The van der Waals surface area contributed by atoms with E-state index in [1.807, 2.05) is 0 Å². The molecule has 12 heavy (non-hydrogen) atoms. The lowest BCUT2D eigenvalue weighted by atomic mass is 10.2. The Balaban J connectivity index is 2.13. The predicted octanol–water partition coefficient (Wildman–Crippen LogP) is -0.122. The maximum absolute atomic E-state index is 11.1. The molecule has 3 heteroatoms. The highest BCUT2D eigenvalue weighted by Gasteiger charge is 2.15. The molecule has 0 spiro atoms. The Morgan fingerprint density at radius 1 is 1.75 bits per heavy atom. The van der Waals surface area contributed by atoms with Gasteiger partial charge in [-0.15, -0.1) is 12.3 Å². The van der Waals surface area contributed by atoms with Gasteiger partial charge in [-0.1, -0.05) is 0 Å². The van der Waals surface area contributed by atoms with Crippen LogP contribution in [0.3, 0.4) is 0 Å². The van der Waals surface area contributed by atoms with E-state index in [2.05, 4.69) is 16.6 Å². The quantitative estimate of drug-likeness (QED) is 0.574. The lowest BCUT2D eigenvalue weighted by Crippen LogP contribution is -2.35. The summed E-state index contributed by atoms with van der Waals surface area (Å²) in [5.74, 6) is 2.52. The maximum Gasteiger partial charge on any atom is 0.221 e. The minimum Gasteiger partial charge on any atom is -0.352 e. The summed E-state index contributed by atoms with van der Waals surface area (Å²) in [4.78, 5) is 11.1. The normalized spacial score (nSPS) is 21.8. The monoisotopic (exact) mass is 166 g/mol. The van der Waals surface area contributed by atoms with E-state index < -0.39 is 0 Å². The van der Waals surface area contributed by atoms with Gasteiger partial charge in [0.25, 0.3) is 0 Å². The van der Waals surface area contributed by atoms with E-state index in [9.17, 15) is 4.79 Å². The zero-order valence-electron chi connectivity index (χ0n) is 7.10. The molecule has 0 bridgehead atoms. The summed E-state index contributed by atoms with van der Waals surface area (Å²) in [7, 11) is 0. The van der Waals surface area contributed by atoms with Crippen LogP contribution in [0.15, 0.2) is 0 Å². The number of carbonyl (C=O) groups excluding carboxylic acids is 1. The summed E-state index contributed by atoms with van der Waals surface area (Å²) in [5, 5.41) is 6.10. The molecule has 2 N–H and O–H groups in total. The summed E-state index contributed by atoms with van der Waals surface area (Å²) in [5.41, 5.74) is 0. The lowest BCUT2D eigenvalue weighted by Gasteiger charge is -2.09. The topological polar surface area (TPSA) is 41.1 Å². The van der Waals surface area contributed by atoms with E-state index in [0.717, 1.165) is 19.5 Å². The lowest BCUT2D eigenvalue weighted by molar-refractivity contribution is -0.121. The van der Waals surface area contributed by atoms with Crippen LogP contribution in [0, 0.1) is 12.3 Å². The van der Waals surface area contributed by atoms with Crippen LogP contribution in [0.1, 0.15) is 19.3 Å². The van der Waals surface area contributed by atoms with E-state index in [-0.39, 0.29) is 5.91 Å². The van der Waals surface area contributed by atoms with Gasteiger partial charge < -0.3 is 10.6 Å². The first-order valence-corrected chi connectivity index (χ1v) is 4.26. The van der Waals surface area contributed by atoms with E-state index >= 15 is 0 Å². The van der Waals surface area contributed by atoms with E-state index in [1.165, 1.54) is 0 Å². The fraction of sp³-hybridized carbons (Fsp3) is 0.667. The molecule has 1 heterocycles. The summed E-state index contributed by atoms with van der Waals surface area (Å²) in [6, 6.07) is 0.315. The van der Waals surface area contributed by atoms with Crippen molar-refractivity contribution < 1.29 is 4.79 Å². The smallest absolute Gasteiger partial charge is 0.221 e. The van der Waals surface area contributed by atoms with E-state index in [0.29, 0.717) is 18.9 Å². The fourth-order valence-electron chi connectivity index (χ4n) is 1.26. The highest BCUT2D eigenvalue weighted by atomic mass is 16.1. The third kappa shape index (κ3) is 2.93. The Bertz CT molecular complexity index is 189. The highest BCUT2D eigenvalue weighted by molar-refractivity contribution is 5.76. The van der Waals surface area contributed by atoms with Crippen molar-refractivity contribution in [2.75, 3.05) is 13.1 Å². The first-order chi connectivity index (χ1) is 5.83. The molecule has 1 fully saturated rings. The molecule has 0 unspecified atom stereocenters. The first kappa shape index (κ1) is 9.08. The van der Waals surface area contributed by atoms with Crippen LogP contribution < -0.4 is 10.6 Å². The van der Waals surface area contributed by atoms with Crippen LogP contribution in [0.5, 0.6) is 0 Å². The molecule has 0 aromatic rings. The van der Waals surface area contributed by atoms with Crippen LogP contribution >= 0.6 is 0 Å². The summed E-state index contributed by atoms with van der Waals surface area (Å²) in [6.45, 7) is 1.89. The summed E-state index contributed by atoms with van der Waals surface area (Å²) >= 11 is 0. The van der Waals surface area contributed by atoms with E-state index in [1.54, 1.807) is 0 Å². The van der Waals surface area contributed by atoms with E-state index in [4.69, 9.17) is 6.42 Å². The number of terminal acetylenes is 1. The molecule has 0 aromatic heterocycles. The van der Waals surface area contributed by atoms with Gasteiger partial charge in [0.2, 0.25) is 5.91 Å². The number of rotatable bonds is 3. The minimum atomic E-state index is 0.0710. The molecule has 1 amide bonds. The van der Waals surface area contributed by atoms with Crippen molar-refractivity contribution in [1.29, 1.82) is 0 Å². The van der Waals surface area contributed by atoms with Crippen molar-refractivity contribution in [3.05, 3.63) is 0 Å². The molecule has 1 rings (SSSR count). The molecule has 0 aliphatic carbocycles. The Morgan fingerprint density at radius 2 is 2.58 bits per heavy atom. The van der Waals surface area contributed by atoms with Crippen molar-refractivity contribution >= 4 is 5.91 Å². The Morgan fingerprint density at radius 3 is 3.17 bits per heavy atom. The van der Waals surface area contributed by atoms with Gasteiger partial charge in [-0.25, -0.2) is 0 Å². The third-order valence-corrected chi connectivity index (χ3v) is 1.92. The molecule has 1 aliphatic heterocycles. The van der Waals surface area contributed by atoms with Crippen molar-refractivity contribution in [2.45, 2.75) is 25.3 Å². The van der Waals surface area contributed by atoms with Gasteiger partial charge in [0.15, 0.2) is 0 Å². The first-order valence-electron chi connectivity index (χ1n) is 4.26. The summed E-state index contributed by atoms with van der Waals surface area (Å²) in [6.07, 6.45) is 7.06. The zero-order valence-corrected chi connectivity index (χ0v) is 7.10. The van der Waals surface area contributed by atoms with Gasteiger partial charge >= 0.3 is 0 Å². The standard InChI is InChI=1S/C9H14N2O/c1-2-3-4-9(12)11-8-5-6-10-7-8/h1,8,10H,3-7H2,(H,11,12)/t8-/m0/s1. The zero-order chi connectivity index (χ0) is 8.81. The van der Waals surface area contributed by atoms with Gasteiger partial charge in [0, 0.05) is 25.4 Å². The Hall–Kier alpha value is -1.01. The van der Waals surface area contributed by atoms with Gasteiger partial charge in [-0.3, -0.25) is 4.79 Å². The second kappa shape index (κ2) is 4.78. The van der Waals surface area contributed by atoms with Crippen LogP contribution in [-0.2, 0) is 4.79 Å². The van der Waals surface area contributed by atoms with Crippen molar-refractivity contribution in [3.8, 4) is 12.3 Å². The SMILES string of the molecule is C#CCCC(=O)N[C@H]1CCNC1. The molecule has 66 valence electrons. The number of carbonyl (C=O) groups is 1. The number of hydrogen-bond acceptors (Lipinski definition) is 2. The van der Waals surface area contributed by atoms with Crippen molar-refractivity contribution in [2.24, 2.45) is 0 Å². The van der Waals surface area contributed by atoms with Crippen LogP contribution in [0.2, 0.25) is 0 Å². The predicted molar refractivity (Wildman–Crippen MR) is 47.5 cm³/mol. The molecule has 3 nitrogen and oxygen atoms in total. The Labute approximate surface area is 72.9 Å². The Kier molecular flexibility index (Phi) is 3.62. The second-order valence-corrected chi connectivity index (χ2v) is 2.96. The van der Waals surface area contributed by atoms with Gasteiger partial charge in [-0.05, 0) is 13.0 Å². The number of amides is 1. The molecular weight excluding hydrogens is 152 g/mol. The van der Waals surface area contributed by atoms with Crippen molar-refractivity contribution in [3.63, 3.8) is 0 Å². The fourth-order valence-corrected chi connectivity index (χ4v) is 1.26.